The van der Waals surface area contributed by atoms with Gasteiger partial charge in [-0.05, 0) is 6.42 Å². The van der Waals surface area contributed by atoms with Crippen molar-refractivity contribution in [1.29, 1.82) is 0 Å². The smallest absolute Gasteiger partial charge is 0.0911 e. The van der Waals surface area contributed by atoms with Gasteiger partial charge < -0.3 is 4.74 Å². The van der Waals surface area contributed by atoms with E-state index >= 15 is 0 Å². The summed E-state index contributed by atoms with van der Waals surface area (Å²) in [4.78, 5) is 9.87. The fourth-order valence-electron chi connectivity index (χ4n) is 0.935. The Hall–Kier alpha value is -0.440. The highest BCUT2D eigenvalue weighted by atomic mass is 16.5. The van der Waals surface area contributed by atoms with Crippen LogP contribution in [0.4, 0.5) is 0 Å². The average molecular weight is 129 g/mol. The topological polar surface area (TPSA) is 38.7 Å². The summed E-state index contributed by atoms with van der Waals surface area (Å²) in [6.45, 7) is 3.92. The van der Waals surface area contributed by atoms with E-state index in [4.69, 9.17) is 4.74 Å². The molecule has 0 spiro atoms. The monoisotopic (exact) mass is 129 g/mol. The summed E-state index contributed by atoms with van der Waals surface area (Å²) >= 11 is 0. The van der Waals surface area contributed by atoms with Gasteiger partial charge in [0.15, 0.2) is 0 Å². The molecule has 0 unspecified atom stereocenters. The van der Waals surface area contributed by atoms with E-state index in [9.17, 15) is 4.91 Å². The van der Waals surface area contributed by atoms with Crippen LogP contribution in [-0.2, 0) is 4.74 Å². The second kappa shape index (κ2) is 2.43. The van der Waals surface area contributed by atoms with E-state index in [1.165, 1.54) is 0 Å². The molecule has 1 saturated heterocycles. The average Bonchev–Trinajstić information content (AvgIpc) is 1.79. The van der Waals surface area contributed by atoms with Gasteiger partial charge in [0.2, 0.25) is 0 Å². The van der Waals surface area contributed by atoms with Gasteiger partial charge in [-0.25, -0.2) is 0 Å². The van der Waals surface area contributed by atoms with Crippen molar-refractivity contribution in [3.63, 3.8) is 0 Å². The molecule has 0 aromatic heterocycles. The van der Waals surface area contributed by atoms with Gasteiger partial charge in [-0.15, -0.1) is 0 Å². The predicted octanol–water partition coefficient (Wildman–Crippen LogP) is 1.18. The largest absolute Gasteiger partial charge is 0.380 e. The SMILES string of the molecule is CCC1(CN=O)COC1. The zero-order valence-electron chi connectivity index (χ0n) is 5.59. The number of hydrogen-bond donors (Lipinski definition) is 0. The molecule has 0 saturated carbocycles. The molecule has 0 N–H and O–H groups in total. The summed E-state index contributed by atoms with van der Waals surface area (Å²) in [7, 11) is 0. The highest BCUT2D eigenvalue weighted by Gasteiger charge is 2.36. The lowest BCUT2D eigenvalue weighted by Gasteiger charge is -2.38. The van der Waals surface area contributed by atoms with Gasteiger partial charge in [0.05, 0.1) is 19.8 Å². The van der Waals surface area contributed by atoms with Gasteiger partial charge in [-0.1, -0.05) is 12.1 Å². The maximum Gasteiger partial charge on any atom is 0.0911 e. The Labute approximate surface area is 54.4 Å². The summed E-state index contributed by atoms with van der Waals surface area (Å²) < 4.78 is 4.98. The van der Waals surface area contributed by atoms with Gasteiger partial charge in [-0.2, -0.15) is 4.91 Å². The van der Waals surface area contributed by atoms with Crippen LogP contribution < -0.4 is 0 Å². The third-order valence-corrected chi connectivity index (χ3v) is 1.97. The molecule has 3 nitrogen and oxygen atoms in total. The molecule has 0 bridgehead atoms. The third-order valence-electron chi connectivity index (χ3n) is 1.97. The van der Waals surface area contributed by atoms with E-state index in [-0.39, 0.29) is 5.41 Å². The first-order valence-corrected chi connectivity index (χ1v) is 3.20. The van der Waals surface area contributed by atoms with Crippen LogP contribution in [0, 0.1) is 10.3 Å². The summed E-state index contributed by atoms with van der Waals surface area (Å²) in [6.07, 6.45) is 0.999. The number of hydrogen-bond acceptors (Lipinski definition) is 3. The first kappa shape index (κ1) is 6.68. The predicted molar refractivity (Wildman–Crippen MR) is 34.2 cm³/mol. The van der Waals surface area contributed by atoms with Crippen molar-refractivity contribution in [2.75, 3.05) is 19.8 Å². The van der Waals surface area contributed by atoms with Gasteiger partial charge >= 0.3 is 0 Å². The van der Waals surface area contributed by atoms with Gasteiger partial charge in [0, 0.05) is 5.41 Å². The van der Waals surface area contributed by atoms with Crippen LogP contribution in [0.3, 0.4) is 0 Å². The van der Waals surface area contributed by atoms with Gasteiger partial charge in [-0.3, -0.25) is 0 Å². The van der Waals surface area contributed by atoms with Crippen LogP contribution >= 0.6 is 0 Å². The first-order chi connectivity index (χ1) is 4.33. The van der Waals surface area contributed by atoms with E-state index in [0.29, 0.717) is 6.54 Å². The van der Waals surface area contributed by atoms with E-state index in [2.05, 4.69) is 12.1 Å². The minimum absolute atomic E-state index is 0.113. The molecule has 1 fully saturated rings. The van der Waals surface area contributed by atoms with Crippen LogP contribution in [0.5, 0.6) is 0 Å². The fourth-order valence-corrected chi connectivity index (χ4v) is 0.935. The molecule has 0 aliphatic carbocycles. The van der Waals surface area contributed by atoms with Crippen molar-refractivity contribution in [1.82, 2.24) is 0 Å². The molecule has 1 aliphatic heterocycles. The number of ether oxygens (including phenoxy) is 1. The van der Waals surface area contributed by atoms with Crippen LogP contribution in [0.25, 0.3) is 0 Å². The van der Waals surface area contributed by atoms with Crippen molar-refractivity contribution in [3.05, 3.63) is 4.91 Å². The summed E-state index contributed by atoms with van der Waals surface area (Å²) in [5.74, 6) is 0. The third kappa shape index (κ3) is 1.10. The molecule has 1 rings (SSSR count). The zero-order chi connectivity index (χ0) is 6.74. The summed E-state index contributed by atoms with van der Waals surface area (Å²) in [6, 6.07) is 0. The van der Waals surface area contributed by atoms with Crippen molar-refractivity contribution >= 4 is 0 Å². The van der Waals surface area contributed by atoms with Crippen LogP contribution in [0.1, 0.15) is 13.3 Å². The molecule has 0 radical (unpaired) electrons. The molecule has 3 heteroatoms. The normalized spacial score (nSPS) is 22.8. The Morgan fingerprint density at radius 1 is 1.67 bits per heavy atom. The Morgan fingerprint density at radius 2 is 2.33 bits per heavy atom. The first-order valence-electron chi connectivity index (χ1n) is 3.20. The quantitative estimate of drug-likeness (QED) is 0.536. The molecule has 0 aromatic rings. The molecule has 1 aliphatic rings. The highest BCUT2D eigenvalue weighted by Crippen LogP contribution is 2.30. The maximum atomic E-state index is 9.87. The van der Waals surface area contributed by atoms with E-state index in [0.717, 1.165) is 19.6 Å². The Bertz CT molecular complexity index is 104. The molecule has 9 heavy (non-hydrogen) atoms. The molecule has 0 aromatic carbocycles. The van der Waals surface area contributed by atoms with Gasteiger partial charge in [0.1, 0.15) is 0 Å². The van der Waals surface area contributed by atoms with Crippen molar-refractivity contribution in [2.24, 2.45) is 10.6 Å². The fraction of sp³-hybridized carbons (Fsp3) is 1.00. The van der Waals surface area contributed by atoms with Crippen molar-refractivity contribution in [3.8, 4) is 0 Å². The Morgan fingerprint density at radius 3 is 2.44 bits per heavy atom. The molecule has 0 amide bonds. The Balaban J connectivity index is 2.36. The van der Waals surface area contributed by atoms with Crippen LogP contribution in [0.2, 0.25) is 0 Å². The summed E-state index contributed by atoms with van der Waals surface area (Å²) in [5.41, 5.74) is 0.113. The Kier molecular flexibility index (Phi) is 1.81. The lowest BCUT2D eigenvalue weighted by molar-refractivity contribution is -0.108. The lowest BCUT2D eigenvalue weighted by Crippen LogP contribution is -2.44. The lowest BCUT2D eigenvalue weighted by atomic mass is 9.83. The molecule has 0 atom stereocenters. The second-order valence-corrected chi connectivity index (χ2v) is 2.63. The van der Waals surface area contributed by atoms with E-state index in [1.807, 2.05) is 0 Å². The number of nitroso groups, excluding NO2 is 1. The zero-order valence-corrected chi connectivity index (χ0v) is 5.59. The van der Waals surface area contributed by atoms with E-state index in [1.54, 1.807) is 0 Å². The minimum atomic E-state index is 0.113. The second-order valence-electron chi connectivity index (χ2n) is 2.63. The maximum absolute atomic E-state index is 9.87. The van der Waals surface area contributed by atoms with Gasteiger partial charge in [0.25, 0.3) is 0 Å². The highest BCUT2D eigenvalue weighted by molar-refractivity contribution is 4.85. The van der Waals surface area contributed by atoms with Crippen LogP contribution in [-0.4, -0.2) is 19.8 Å². The van der Waals surface area contributed by atoms with E-state index < -0.39 is 0 Å². The number of rotatable bonds is 3. The molecule has 52 valence electrons. The minimum Gasteiger partial charge on any atom is -0.380 e. The summed E-state index contributed by atoms with van der Waals surface area (Å²) in [5, 5.41) is 2.87. The van der Waals surface area contributed by atoms with Crippen LogP contribution in [0.15, 0.2) is 5.18 Å². The molecular weight excluding hydrogens is 118 g/mol. The number of nitrogens with zero attached hydrogens (tertiary/aromatic N) is 1. The van der Waals surface area contributed by atoms with Crippen molar-refractivity contribution < 1.29 is 4.74 Å². The molecular formula is C6H11NO2. The molecule has 1 heterocycles. The van der Waals surface area contributed by atoms with Crippen molar-refractivity contribution in [2.45, 2.75) is 13.3 Å². The standard InChI is InChI=1S/C6H11NO2/c1-2-6(3-7-8)4-9-5-6/h2-5H2,1H3.